The van der Waals surface area contributed by atoms with E-state index in [9.17, 15) is 0 Å². The molecule has 0 spiro atoms. The Bertz CT molecular complexity index is 569. The predicted octanol–water partition coefficient (Wildman–Crippen LogP) is 4.45. The summed E-state index contributed by atoms with van der Waals surface area (Å²) in [6.45, 7) is 0. The summed E-state index contributed by atoms with van der Waals surface area (Å²) < 4.78 is 3.98. The Labute approximate surface area is 158 Å². The first-order valence-electron chi connectivity index (χ1n) is 7.85. The van der Waals surface area contributed by atoms with Crippen molar-refractivity contribution in [1.82, 2.24) is 0 Å². The third-order valence-corrected chi connectivity index (χ3v) is 11.7. The van der Waals surface area contributed by atoms with Gasteiger partial charge in [0.05, 0.1) is 0 Å². The monoisotopic (exact) mass is 400 g/mol. The molecule has 0 fully saturated rings. The first-order chi connectivity index (χ1) is 10.9. The van der Waals surface area contributed by atoms with Crippen LogP contribution in [0.25, 0.3) is 0 Å². The van der Waals surface area contributed by atoms with E-state index in [1.807, 2.05) is 0 Å². The van der Waals surface area contributed by atoms with Gasteiger partial charge in [-0.1, -0.05) is 0 Å². The fourth-order valence-electron chi connectivity index (χ4n) is 2.84. The van der Waals surface area contributed by atoms with Crippen LogP contribution in [0.2, 0.25) is 0 Å². The molecule has 0 nitrogen and oxygen atoms in total. The van der Waals surface area contributed by atoms with Crippen LogP contribution in [-0.2, 0) is 13.3 Å². The van der Waals surface area contributed by atoms with E-state index in [1.54, 1.807) is 0 Å². The molecular weight excluding hydrogens is 378 g/mol. The Kier molecular flexibility index (Phi) is 8.02. The number of hydrogen-bond donors (Lipinski definition) is 0. The van der Waals surface area contributed by atoms with Gasteiger partial charge in [-0.2, -0.15) is 0 Å². The molecule has 3 aromatic carbocycles. The van der Waals surface area contributed by atoms with E-state index >= 15 is 0 Å². The van der Waals surface area contributed by atoms with Gasteiger partial charge in [-0.3, -0.25) is 0 Å². The van der Waals surface area contributed by atoms with Crippen LogP contribution in [0.4, 0.5) is 0 Å². The van der Waals surface area contributed by atoms with E-state index in [-0.39, 0.29) is 18.9 Å². The second-order valence-corrected chi connectivity index (χ2v) is 13.0. The van der Waals surface area contributed by atoms with Crippen molar-refractivity contribution in [2.24, 2.45) is 0 Å². The quantitative estimate of drug-likeness (QED) is 0.538. The Morgan fingerprint density at radius 2 is 0.696 bits per heavy atom. The SMILES string of the molecule is [Li].c1ccc([CH2][Sn]([CH2]c2ccccc2)[CH2]c2ccccc2)cc1. The van der Waals surface area contributed by atoms with Gasteiger partial charge in [-0.05, 0) is 0 Å². The molecule has 0 saturated carbocycles. The molecule has 0 heterocycles. The normalized spacial score (nSPS) is 10.3. The van der Waals surface area contributed by atoms with Crippen molar-refractivity contribution in [1.29, 1.82) is 0 Å². The van der Waals surface area contributed by atoms with Crippen LogP contribution in [0.15, 0.2) is 91.0 Å². The van der Waals surface area contributed by atoms with E-state index in [2.05, 4.69) is 91.0 Å². The second-order valence-electron chi connectivity index (χ2n) is 5.74. The summed E-state index contributed by atoms with van der Waals surface area (Å²) in [6, 6.07) is 33.1. The molecule has 0 bridgehead atoms. The van der Waals surface area contributed by atoms with Crippen molar-refractivity contribution in [3.63, 3.8) is 0 Å². The van der Waals surface area contributed by atoms with E-state index in [0.29, 0.717) is 0 Å². The van der Waals surface area contributed by atoms with Crippen LogP contribution < -0.4 is 0 Å². The van der Waals surface area contributed by atoms with Gasteiger partial charge < -0.3 is 0 Å². The molecule has 0 atom stereocenters. The molecule has 3 rings (SSSR count). The Balaban J connectivity index is 0.00000192. The van der Waals surface area contributed by atoms with Gasteiger partial charge in [-0.15, -0.1) is 0 Å². The average molecular weight is 399 g/mol. The first-order valence-corrected chi connectivity index (χ1v) is 13.9. The summed E-state index contributed by atoms with van der Waals surface area (Å²) in [5.41, 5.74) is 4.55. The van der Waals surface area contributed by atoms with Gasteiger partial charge in [0.15, 0.2) is 0 Å². The van der Waals surface area contributed by atoms with Crippen molar-refractivity contribution in [3.05, 3.63) is 108 Å². The van der Waals surface area contributed by atoms with Gasteiger partial charge in [0.2, 0.25) is 0 Å². The van der Waals surface area contributed by atoms with Gasteiger partial charge in [0.1, 0.15) is 0 Å². The maximum atomic E-state index is 2.29. The van der Waals surface area contributed by atoms with E-state index in [0.717, 1.165) is 0 Å². The molecule has 0 aliphatic heterocycles. The topological polar surface area (TPSA) is 0 Å². The Hall–Kier alpha value is -0.944. The minimum absolute atomic E-state index is 0. The van der Waals surface area contributed by atoms with Gasteiger partial charge in [0.25, 0.3) is 0 Å². The fraction of sp³-hybridized carbons (Fsp3) is 0.143. The molecule has 0 aliphatic carbocycles. The van der Waals surface area contributed by atoms with Crippen LogP contribution in [0.1, 0.15) is 16.7 Å². The third kappa shape index (κ3) is 6.22. The minimum atomic E-state index is -1.56. The molecule has 0 saturated heterocycles. The zero-order chi connectivity index (χ0) is 15.0. The van der Waals surface area contributed by atoms with E-state index in [4.69, 9.17) is 0 Å². The van der Waals surface area contributed by atoms with Crippen molar-refractivity contribution in [2.45, 2.75) is 13.3 Å². The number of benzene rings is 3. The third-order valence-electron chi connectivity index (χ3n) is 3.89. The van der Waals surface area contributed by atoms with E-state index < -0.39 is 19.8 Å². The molecule has 23 heavy (non-hydrogen) atoms. The maximum absolute atomic E-state index is 2.29. The summed E-state index contributed by atoms with van der Waals surface area (Å²) in [5.74, 6) is 0. The molecule has 2 heteroatoms. The van der Waals surface area contributed by atoms with Gasteiger partial charge in [-0.25, -0.2) is 0 Å². The van der Waals surface area contributed by atoms with Gasteiger partial charge >= 0.3 is 141 Å². The molecule has 0 unspecified atom stereocenters. The Morgan fingerprint density at radius 3 is 0.957 bits per heavy atom. The number of rotatable bonds is 6. The van der Waals surface area contributed by atoms with Crippen LogP contribution in [-0.4, -0.2) is 38.6 Å². The van der Waals surface area contributed by atoms with Crippen molar-refractivity contribution in [2.75, 3.05) is 0 Å². The zero-order valence-electron chi connectivity index (χ0n) is 13.8. The standard InChI is InChI=1S/3C7H7.Li.Sn/c3*1-7-5-3-2-4-6-7;;/h3*2-6H,1H2;;. The molecule has 2 radical (unpaired) electrons. The molecule has 0 aliphatic rings. The molecule has 0 aromatic heterocycles. The summed E-state index contributed by atoms with van der Waals surface area (Å²) in [5, 5.41) is 0. The fourth-order valence-corrected chi connectivity index (χ4v) is 10.9. The van der Waals surface area contributed by atoms with Crippen LogP contribution in [0.5, 0.6) is 0 Å². The molecule has 110 valence electrons. The molecule has 0 amide bonds. The number of hydrogen-bond acceptors (Lipinski definition) is 0. The summed E-state index contributed by atoms with van der Waals surface area (Å²) >= 11 is -1.56. The summed E-state index contributed by atoms with van der Waals surface area (Å²) in [6.07, 6.45) is 0. The summed E-state index contributed by atoms with van der Waals surface area (Å²) in [4.78, 5) is 0. The molecular formula is C21H21LiSn. The van der Waals surface area contributed by atoms with Crippen molar-refractivity contribution >= 4 is 38.6 Å². The van der Waals surface area contributed by atoms with Crippen molar-refractivity contribution < 1.29 is 0 Å². The Morgan fingerprint density at radius 1 is 0.435 bits per heavy atom. The zero-order valence-corrected chi connectivity index (χ0v) is 16.6. The second kappa shape index (κ2) is 10.0. The van der Waals surface area contributed by atoms with E-state index in [1.165, 1.54) is 30.0 Å². The first kappa shape index (κ1) is 18.4. The molecule has 3 aromatic rings. The van der Waals surface area contributed by atoms with Gasteiger partial charge in [0, 0.05) is 18.9 Å². The summed E-state index contributed by atoms with van der Waals surface area (Å²) in [7, 11) is 0. The average Bonchev–Trinajstić information content (AvgIpc) is 2.57. The molecule has 0 N–H and O–H groups in total. The van der Waals surface area contributed by atoms with Crippen LogP contribution in [0.3, 0.4) is 0 Å². The van der Waals surface area contributed by atoms with Crippen molar-refractivity contribution in [3.8, 4) is 0 Å². The van der Waals surface area contributed by atoms with Crippen LogP contribution >= 0.6 is 0 Å². The van der Waals surface area contributed by atoms with Crippen LogP contribution in [0, 0.1) is 0 Å². The predicted molar refractivity (Wildman–Crippen MR) is 102 cm³/mol.